The quantitative estimate of drug-likeness (QED) is 0.396. The van der Waals surface area contributed by atoms with Crippen LogP contribution in [-0.2, 0) is 30.5 Å². The summed E-state index contributed by atoms with van der Waals surface area (Å²) in [6.45, 7) is 2.35. The molecule has 0 radical (unpaired) electrons. The Labute approximate surface area is 229 Å². The van der Waals surface area contributed by atoms with E-state index in [2.05, 4.69) is 10.3 Å². The lowest BCUT2D eigenvalue weighted by atomic mass is 9.61. The van der Waals surface area contributed by atoms with Gasteiger partial charge in [0.2, 0.25) is 11.8 Å². The number of alkyl halides is 3. The molecule has 2 bridgehead atoms. The first kappa shape index (κ1) is 29.4. The Morgan fingerprint density at radius 1 is 1.18 bits per heavy atom. The van der Waals surface area contributed by atoms with Gasteiger partial charge in [0.1, 0.15) is 6.04 Å². The van der Waals surface area contributed by atoms with Crippen molar-refractivity contribution >= 4 is 35.1 Å². The zero-order chi connectivity index (χ0) is 29.5. The summed E-state index contributed by atoms with van der Waals surface area (Å²) in [6, 6.07) is 7.07. The number of nitrogens with one attached hydrogen (secondary N) is 1. The van der Waals surface area contributed by atoms with Crippen molar-refractivity contribution in [2.45, 2.75) is 56.7 Å². The number of aliphatic hydroxyl groups is 1. The fourth-order valence-electron chi connectivity index (χ4n) is 5.20. The fourth-order valence-corrected chi connectivity index (χ4v) is 6.01. The second-order valence-electron chi connectivity index (χ2n) is 10.1. The number of β-amino-alcohol motifs (C(OH)–C–C–N with tert-alkyl or cyclic N) is 1. The van der Waals surface area contributed by atoms with Gasteiger partial charge in [-0.05, 0) is 18.1 Å². The maximum absolute atomic E-state index is 13.2. The number of likely N-dealkylation sites (tertiary alicyclic amines) is 1. The van der Waals surface area contributed by atoms with E-state index >= 15 is 0 Å². The molecule has 1 aliphatic carbocycles. The highest BCUT2D eigenvalue weighted by atomic mass is 32.1. The maximum atomic E-state index is 13.2. The molecule has 2 aromatic rings. The Balaban J connectivity index is 0.000000470. The number of nitrogens with zero attached hydrogens (tertiary/aromatic N) is 2. The topological polar surface area (TPSA) is 166 Å². The molecule has 4 fully saturated rings. The van der Waals surface area contributed by atoms with E-state index in [0.29, 0.717) is 6.54 Å². The highest BCUT2D eigenvalue weighted by Crippen LogP contribution is 2.59. The molecule has 1 saturated carbocycles. The molecular weight excluding hydrogens is 559 g/mol. The molecule has 15 heteroatoms. The van der Waals surface area contributed by atoms with E-state index in [4.69, 9.17) is 14.6 Å². The highest BCUT2D eigenvalue weighted by Gasteiger charge is 2.71. The van der Waals surface area contributed by atoms with Crippen molar-refractivity contribution in [1.82, 2.24) is 15.2 Å². The van der Waals surface area contributed by atoms with Gasteiger partial charge < -0.3 is 30.3 Å². The number of carboxylic acids is 2. The van der Waals surface area contributed by atoms with Gasteiger partial charge in [-0.3, -0.25) is 9.59 Å². The third kappa shape index (κ3) is 5.67. The predicted octanol–water partition coefficient (Wildman–Crippen LogP) is 1.96. The summed E-state index contributed by atoms with van der Waals surface area (Å²) in [7, 11) is 0. The fraction of sp³-hybridized carbons (Fsp3) is 0.480. The molecule has 11 nitrogen and oxygen atoms in total. The molecule has 216 valence electrons. The number of benzene rings is 1. The molecular formula is C25H26F3N3O8S. The van der Waals surface area contributed by atoms with Gasteiger partial charge in [-0.25, -0.2) is 14.6 Å². The summed E-state index contributed by atoms with van der Waals surface area (Å²) >= 11 is 1.58. The molecule has 1 aromatic heterocycles. The number of thiazole rings is 1. The number of carboxylic acid groups (broad SMARTS) is 2. The van der Waals surface area contributed by atoms with Gasteiger partial charge in [0.15, 0.2) is 5.60 Å². The predicted molar refractivity (Wildman–Crippen MR) is 132 cm³/mol. The summed E-state index contributed by atoms with van der Waals surface area (Å²) in [4.78, 5) is 53.3. The van der Waals surface area contributed by atoms with Gasteiger partial charge in [0.25, 0.3) is 0 Å². The Kier molecular flexibility index (Phi) is 7.93. The number of hydrogen-bond donors (Lipinski definition) is 4. The van der Waals surface area contributed by atoms with Gasteiger partial charge >= 0.3 is 18.1 Å². The first-order valence-corrected chi connectivity index (χ1v) is 13.0. The second kappa shape index (κ2) is 10.8. The Morgan fingerprint density at radius 2 is 1.80 bits per heavy atom. The number of aromatic nitrogens is 1. The monoisotopic (exact) mass is 585 g/mol. The average Bonchev–Trinajstić information content (AvgIpc) is 3.65. The van der Waals surface area contributed by atoms with Crippen molar-refractivity contribution in [3.05, 3.63) is 41.0 Å². The SMILES string of the molecule is Cc1ncsc1-c1ccc(CNC(=O)[C@@H]2C[C@@H](O)CN2C(=O)C23COC(C(=O)O)(C2)C3)cc1.O=C(O)C(F)(F)F. The second-order valence-corrected chi connectivity index (χ2v) is 10.9. The molecule has 2 amide bonds. The Morgan fingerprint density at radius 3 is 2.30 bits per heavy atom. The lowest BCUT2D eigenvalue weighted by molar-refractivity contribution is -0.192. The van der Waals surface area contributed by atoms with Gasteiger partial charge in [0, 0.05) is 32.4 Å². The van der Waals surface area contributed by atoms with Crippen LogP contribution in [-0.4, -0.2) is 86.0 Å². The molecule has 4 heterocycles. The molecule has 3 aliphatic heterocycles. The number of hydrogen-bond acceptors (Lipinski definition) is 8. The summed E-state index contributed by atoms with van der Waals surface area (Å²) < 4.78 is 37.2. The van der Waals surface area contributed by atoms with Crippen LogP contribution < -0.4 is 5.32 Å². The van der Waals surface area contributed by atoms with Crippen LogP contribution in [0, 0.1) is 12.3 Å². The molecule has 4 aliphatic rings. The maximum Gasteiger partial charge on any atom is 0.490 e. The molecule has 40 heavy (non-hydrogen) atoms. The van der Waals surface area contributed by atoms with Gasteiger partial charge in [-0.15, -0.1) is 11.3 Å². The van der Waals surface area contributed by atoms with E-state index in [1.165, 1.54) is 4.90 Å². The number of fused-ring (bicyclic) bond motifs is 1. The van der Waals surface area contributed by atoms with E-state index in [1.54, 1.807) is 11.3 Å². The third-order valence-corrected chi connectivity index (χ3v) is 8.21. The minimum Gasteiger partial charge on any atom is -0.479 e. The van der Waals surface area contributed by atoms with Crippen molar-refractivity contribution in [2.24, 2.45) is 5.41 Å². The number of aryl methyl sites for hydroxylation is 1. The Bertz CT molecular complexity index is 1310. The van der Waals surface area contributed by atoms with Crippen molar-refractivity contribution in [3.63, 3.8) is 0 Å². The van der Waals surface area contributed by atoms with Gasteiger partial charge in [-0.1, -0.05) is 24.3 Å². The molecule has 0 spiro atoms. The van der Waals surface area contributed by atoms with Crippen LogP contribution in [0.1, 0.15) is 30.5 Å². The highest BCUT2D eigenvalue weighted by molar-refractivity contribution is 7.13. The number of ether oxygens (including phenoxy) is 1. The van der Waals surface area contributed by atoms with Crippen molar-refractivity contribution in [2.75, 3.05) is 13.2 Å². The summed E-state index contributed by atoms with van der Waals surface area (Å²) in [5, 5.41) is 29.5. The minimum absolute atomic E-state index is 0.0324. The molecule has 0 unspecified atom stereocenters. The van der Waals surface area contributed by atoms with Crippen molar-refractivity contribution in [3.8, 4) is 10.4 Å². The van der Waals surface area contributed by atoms with E-state index < -0.39 is 41.3 Å². The standard InChI is InChI=1S/C23H25N3O6S.C2HF3O2/c1-13-18(33-12-25-13)15-4-2-14(3-5-15)7-24-19(28)17-6-16(27)8-26(17)20(29)22-9-23(10-22,21(30)31)32-11-22;3-2(4,5)1(6)7/h2-5,12,16-17,27H,6-11H2,1H3,(H,24,28)(H,30,31);(H,6,7)/t16-,17+,22?,23?;/m1./s1. The number of carbonyl (C=O) groups is 4. The molecule has 3 saturated heterocycles. The van der Waals surface area contributed by atoms with Crippen LogP contribution in [0.15, 0.2) is 29.8 Å². The lowest BCUT2D eigenvalue weighted by Gasteiger charge is -2.43. The van der Waals surface area contributed by atoms with Crippen LogP contribution in [0.3, 0.4) is 0 Å². The molecule has 1 aromatic carbocycles. The molecule has 4 N–H and O–H groups in total. The van der Waals surface area contributed by atoms with Crippen molar-refractivity contribution < 1.29 is 52.4 Å². The van der Waals surface area contributed by atoms with Crippen LogP contribution in [0.2, 0.25) is 0 Å². The van der Waals surface area contributed by atoms with Gasteiger partial charge in [0.05, 0.1) is 34.2 Å². The first-order chi connectivity index (χ1) is 18.7. The van der Waals surface area contributed by atoms with E-state index in [-0.39, 0.29) is 44.2 Å². The summed E-state index contributed by atoms with van der Waals surface area (Å²) in [5.41, 5.74) is 2.58. The number of carbonyl (C=O) groups excluding carboxylic acids is 2. The zero-order valence-electron chi connectivity index (χ0n) is 21.1. The van der Waals surface area contributed by atoms with Crippen LogP contribution >= 0.6 is 11.3 Å². The molecule has 2 atom stereocenters. The van der Waals surface area contributed by atoms with Crippen LogP contribution in [0.5, 0.6) is 0 Å². The van der Waals surface area contributed by atoms with E-state index in [9.17, 15) is 37.8 Å². The lowest BCUT2D eigenvalue weighted by Crippen LogP contribution is -2.59. The largest absolute Gasteiger partial charge is 0.490 e. The summed E-state index contributed by atoms with van der Waals surface area (Å²) in [6.07, 6.45) is -5.50. The number of halogens is 3. The first-order valence-electron chi connectivity index (χ1n) is 12.1. The normalized spacial score (nSPS) is 26.9. The van der Waals surface area contributed by atoms with Crippen LogP contribution in [0.25, 0.3) is 10.4 Å². The number of aliphatic carboxylic acids is 2. The smallest absolute Gasteiger partial charge is 0.479 e. The van der Waals surface area contributed by atoms with E-state index in [1.807, 2.05) is 36.7 Å². The Hall–Kier alpha value is -3.56. The van der Waals surface area contributed by atoms with E-state index in [0.717, 1.165) is 21.7 Å². The third-order valence-electron chi connectivity index (χ3n) is 7.23. The average molecular weight is 586 g/mol. The number of amides is 2. The van der Waals surface area contributed by atoms with Crippen molar-refractivity contribution in [1.29, 1.82) is 0 Å². The minimum atomic E-state index is -5.08. The summed E-state index contributed by atoms with van der Waals surface area (Å²) in [5.74, 6) is -4.46. The van der Waals surface area contributed by atoms with Crippen LogP contribution in [0.4, 0.5) is 13.2 Å². The number of aliphatic hydroxyl groups excluding tert-OH is 1. The zero-order valence-corrected chi connectivity index (χ0v) is 21.9. The van der Waals surface area contributed by atoms with Gasteiger partial charge in [-0.2, -0.15) is 13.2 Å². The number of rotatable bonds is 6. The molecule has 6 rings (SSSR count).